The molecular formula is C16H22FNO2. The fraction of sp³-hybridized carbons (Fsp3) is 0.562. The van der Waals surface area contributed by atoms with E-state index in [9.17, 15) is 9.18 Å². The van der Waals surface area contributed by atoms with Gasteiger partial charge in [0.25, 0.3) is 0 Å². The van der Waals surface area contributed by atoms with Gasteiger partial charge in [-0.1, -0.05) is 20.3 Å². The molecule has 0 heterocycles. The maximum Gasteiger partial charge on any atom is 0.339 e. The molecular weight excluding hydrogens is 257 g/mol. The van der Waals surface area contributed by atoms with Crippen LogP contribution >= 0.6 is 0 Å². The summed E-state index contributed by atoms with van der Waals surface area (Å²) in [5.41, 5.74) is 0.919. The fourth-order valence-electron chi connectivity index (χ4n) is 2.86. The number of hydrogen-bond acceptors (Lipinski definition) is 3. The zero-order valence-corrected chi connectivity index (χ0v) is 12.3. The predicted molar refractivity (Wildman–Crippen MR) is 77.3 cm³/mol. The second-order valence-corrected chi connectivity index (χ2v) is 5.83. The van der Waals surface area contributed by atoms with Crippen LogP contribution in [0.1, 0.15) is 43.5 Å². The molecule has 0 aromatic heterocycles. The molecule has 2 rings (SSSR count). The minimum Gasteiger partial charge on any atom is -0.465 e. The number of ether oxygens (including phenoxy) is 1. The third-order valence-electron chi connectivity index (χ3n) is 4.19. The van der Waals surface area contributed by atoms with Gasteiger partial charge in [0.15, 0.2) is 0 Å². The van der Waals surface area contributed by atoms with Gasteiger partial charge in [-0.2, -0.15) is 0 Å². The molecule has 0 saturated heterocycles. The van der Waals surface area contributed by atoms with Crippen LogP contribution in [-0.4, -0.2) is 19.1 Å². The second kappa shape index (κ2) is 6.25. The monoisotopic (exact) mass is 279 g/mol. The summed E-state index contributed by atoms with van der Waals surface area (Å²) < 4.78 is 18.2. The Morgan fingerprint density at radius 3 is 2.80 bits per heavy atom. The highest BCUT2D eigenvalue weighted by Gasteiger charge is 2.26. The lowest BCUT2D eigenvalue weighted by molar-refractivity contribution is 0.0601. The average Bonchev–Trinajstić information content (AvgIpc) is 2.42. The average molecular weight is 279 g/mol. The summed E-state index contributed by atoms with van der Waals surface area (Å²) in [5, 5.41) is 3.34. The summed E-state index contributed by atoms with van der Waals surface area (Å²) in [7, 11) is 1.33. The predicted octanol–water partition coefficient (Wildman–Crippen LogP) is 3.85. The molecule has 1 saturated carbocycles. The summed E-state index contributed by atoms with van der Waals surface area (Å²) in [6, 6.07) is 4.40. The molecule has 1 aliphatic carbocycles. The van der Waals surface area contributed by atoms with Gasteiger partial charge in [-0.05, 0) is 42.9 Å². The number of carbonyl (C=O) groups is 1. The number of benzene rings is 1. The smallest absolute Gasteiger partial charge is 0.339 e. The Bertz CT molecular complexity index is 489. The van der Waals surface area contributed by atoms with Gasteiger partial charge in [0.2, 0.25) is 0 Å². The van der Waals surface area contributed by atoms with Crippen molar-refractivity contribution in [1.82, 2.24) is 0 Å². The van der Waals surface area contributed by atoms with Gasteiger partial charge in [-0.3, -0.25) is 0 Å². The van der Waals surface area contributed by atoms with Crippen molar-refractivity contribution < 1.29 is 13.9 Å². The highest BCUT2D eigenvalue weighted by atomic mass is 19.1. The van der Waals surface area contributed by atoms with E-state index < -0.39 is 5.97 Å². The molecule has 3 unspecified atom stereocenters. The number of hydrogen-bond donors (Lipinski definition) is 1. The first-order chi connectivity index (χ1) is 9.51. The number of esters is 1. The summed E-state index contributed by atoms with van der Waals surface area (Å²) in [6.07, 6.45) is 3.42. The van der Waals surface area contributed by atoms with E-state index in [-0.39, 0.29) is 11.9 Å². The van der Waals surface area contributed by atoms with Gasteiger partial charge in [0.1, 0.15) is 5.82 Å². The summed E-state index contributed by atoms with van der Waals surface area (Å²) >= 11 is 0. The first-order valence-electron chi connectivity index (χ1n) is 7.15. The minimum atomic E-state index is -0.441. The molecule has 0 aliphatic heterocycles. The van der Waals surface area contributed by atoms with E-state index in [0.29, 0.717) is 23.1 Å². The Morgan fingerprint density at radius 1 is 1.35 bits per heavy atom. The Kier molecular flexibility index (Phi) is 4.63. The maximum atomic E-state index is 13.5. The lowest BCUT2D eigenvalue weighted by Crippen LogP contribution is -2.34. The fourth-order valence-corrected chi connectivity index (χ4v) is 2.86. The van der Waals surface area contributed by atoms with Gasteiger partial charge in [-0.25, -0.2) is 9.18 Å². The van der Waals surface area contributed by atoms with Crippen LogP contribution in [-0.2, 0) is 4.74 Å². The normalized spacial score (nSPS) is 26.1. The van der Waals surface area contributed by atoms with E-state index in [4.69, 9.17) is 4.74 Å². The quantitative estimate of drug-likeness (QED) is 0.854. The number of carbonyl (C=O) groups excluding carboxylic acids is 1. The molecule has 0 spiro atoms. The van der Waals surface area contributed by atoms with Crippen molar-refractivity contribution in [2.24, 2.45) is 11.8 Å². The zero-order valence-electron chi connectivity index (χ0n) is 12.3. The van der Waals surface area contributed by atoms with E-state index in [1.807, 2.05) is 0 Å². The van der Waals surface area contributed by atoms with Gasteiger partial charge >= 0.3 is 5.97 Å². The van der Waals surface area contributed by atoms with Gasteiger partial charge in [0, 0.05) is 6.04 Å². The molecule has 0 amide bonds. The van der Waals surface area contributed by atoms with Crippen LogP contribution in [0.3, 0.4) is 0 Å². The molecule has 3 atom stereocenters. The summed E-state index contributed by atoms with van der Waals surface area (Å²) in [6.45, 7) is 4.42. The number of nitrogens with one attached hydrogen (secondary N) is 1. The van der Waals surface area contributed by atoms with E-state index in [2.05, 4.69) is 19.2 Å². The van der Waals surface area contributed by atoms with E-state index in [0.717, 1.165) is 12.8 Å². The first kappa shape index (κ1) is 14.8. The molecule has 0 radical (unpaired) electrons. The third-order valence-corrected chi connectivity index (χ3v) is 4.19. The second-order valence-electron chi connectivity index (χ2n) is 5.83. The number of anilines is 1. The zero-order chi connectivity index (χ0) is 14.7. The molecule has 0 bridgehead atoms. The standard InChI is InChI=1S/C16H22FNO2/c1-10-4-5-11(2)14(8-10)18-15-9-12(17)6-7-13(15)16(19)20-3/h6-7,9-11,14,18H,4-5,8H2,1-3H3. The van der Waals surface area contributed by atoms with Crippen LogP contribution in [0.5, 0.6) is 0 Å². The molecule has 20 heavy (non-hydrogen) atoms. The Hall–Kier alpha value is -1.58. The molecule has 1 fully saturated rings. The molecule has 110 valence electrons. The van der Waals surface area contributed by atoms with Gasteiger partial charge in [-0.15, -0.1) is 0 Å². The maximum absolute atomic E-state index is 13.5. The first-order valence-corrected chi connectivity index (χ1v) is 7.15. The van der Waals surface area contributed by atoms with Crippen molar-refractivity contribution in [3.63, 3.8) is 0 Å². The summed E-state index contributed by atoms with van der Waals surface area (Å²) in [4.78, 5) is 11.7. The summed E-state index contributed by atoms with van der Waals surface area (Å²) in [5.74, 6) is 0.375. The van der Waals surface area contributed by atoms with Crippen molar-refractivity contribution in [2.45, 2.75) is 39.2 Å². The SMILES string of the molecule is COC(=O)c1ccc(F)cc1NC1CC(C)CCC1C. The van der Waals surface area contributed by atoms with Crippen molar-refractivity contribution >= 4 is 11.7 Å². The highest BCUT2D eigenvalue weighted by Crippen LogP contribution is 2.31. The van der Waals surface area contributed by atoms with Crippen molar-refractivity contribution in [2.75, 3.05) is 12.4 Å². The topological polar surface area (TPSA) is 38.3 Å². The van der Waals surface area contributed by atoms with Crippen LogP contribution < -0.4 is 5.32 Å². The van der Waals surface area contributed by atoms with Crippen molar-refractivity contribution in [3.8, 4) is 0 Å². The van der Waals surface area contributed by atoms with Crippen LogP contribution in [0.4, 0.5) is 10.1 Å². The lowest BCUT2D eigenvalue weighted by Gasteiger charge is -2.34. The number of halogens is 1. The third kappa shape index (κ3) is 3.30. The minimum absolute atomic E-state index is 0.268. The van der Waals surface area contributed by atoms with E-state index >= 15 is 0 Å². The molecule has 1 aromatic carbocycles. The van der Waals surface area contributed by atoms with Crippen LogP contribution in [0, 0.1) is 17.7 Å². The largest absolute Gasteiger partial charge is 0.465 e. The highest BCUT2D eigenvalue weighted by molar-refractivity contribution is 5.95. The number of rotatable bonds is 3. The van der Waals surface area contributed by atoms with Crippen LogP contribution in [0.25, 0.3) is 0 Å². The Labute approximate surface area is 119 Å². The molecule has 1 aromatic rings. The molecule has 4 heteroatoms. The van der Waals surface area contributed by atoms with Crippen molar-refractivity contribution in [3.05, 3.63) is 29.6 Å². The van der Waals surface area contributed by atoms with E-state index in [1.54, 1.807) is 0 Å². The molecule has 1 aliphatic rings. The molecule has 3 nitrogen and oxygen atoms in total. The van der Waals surface area contributed by atoms with E-state index in [1.165, 1.54) is 31.7 Å². The lowest BCUT2D eigenvalue weighted by atomic mass is 9.80. The number of methoxy groups -OCH3 is 1. The van der Waals surface area contributed by atoms with Gasteiger partial charge < -0.3 is 10.1 Å². The molecule has 1 N–H and O–H groups in total. The van der Waals surface area contributed by atoms with Gasteiger partial charge in [0.05, 0.1) is 18.4 Å². The Balaban J connectivity index is 2.23. The van der Waals surface area contributed by atoms with Crippen molar-refractivity contribution in [1.29, 1.82) is 0 Å². The van der Waals surface area contributed by atoms with Crippen LogP contribution in [0.2, 0.25) is 0 Å². The van der Waals surface area contributed by atoms with Crippen LogP contribution in [0.15, 0.2) is 18.2 Å². The Morgan fingerprint density at radius 2 is 2.10 bits per heavy atom.